The summed E-state index contributed by atoms with van der Waals surface area (Å²) >= 11 is 0. The standard InChI is InChI=1S/C12H21N5/c1-13-4-3-7-16-8-10-17(11-9-16)12-14-5-2-6-15-12/h2,5-6,13H,3-4,7-11H2,1H3. The lowest BCUT2D eigenvalue weighted by Gasteiger charge is -2.34. The average molecular weight is 235 g/mol. The van der Waals surface area contributed by atoms with Crippen LogP contribution in [0.2, 0.25) is 0 Å². The molecule has 2 rings (SSSR count). The van der Waals surface area contributed by atoms with Crippen LogP contribution in [0, 0.1) is 0 Å². The first-order valence-corrected chi connectivity index (χ1v) is 6.29. The Balaban J connectivity index is 1.74. The molecule has 1 fully saturated rings. The number of rotatable bonds is 5. The molecule has 0 radical (unpaired) electrons. The van der Waals surface area contributed by atoms with E-state index in [2.05, 4.69) is 25.1 Å². The highest BCUT2D eigenvalue weighted by Crippen LogP contribution is 2.09. The minimum absolute atomic E-state index is 0.863. The lowest BCUT2D eigenvalue weighted by molar-refractivity contribution is 0.253. The van der Waals surface area contributed by atoms with Gasteiger partial charge >= 0.3 is 0 Å². The predicted molar refractivity (Wildman–Crippen MR) is 69.2 cm³/mol. The summed E-state index contributed by atoms with van der Waals surface area (Å²) < 4.78 is 0. The molecule has 17 heavy (non-hydrogen) atoms. The van der Waals surface area contributed by atoms with Gasteiger partial charge in [0.15, 0.2) is 0 Å². The van der Waals surface area contributed by atoms with Gasteiger partial charge in [-0.3, -0.25) is 4.90 Å². The minimum atomic E-state index is 0.863. The molecule has 1 aromatic rings. The van der Waals surface area contributed by atoms with Crippen LogP contribution in [0.4, 0.5) is 5.95 Å². The molecule has 2 heterocycles. The quantitative estimate of drug-likeness (QED) is 0.739. The van der Waals surface area contributed by atoms with Crippen molar-refractivity contribution in [3.63, 3.8) is 0 Å². The van der Waals surface area contributed by atoms with E-state index in [1.165, 1.54) is 13.0 Å². The minimum Gasteiger partial charge on any atom is -0.338 e. The van der Waals surface area contributed by atoms with Crippen molar-refractivity contribution < 1.29 is 0 Å². The maximum absolute atomic E-state index is 4.29. The first-order chi connectivity index (χ1) is 8.40. The van der Waals surface area contributed by atoms with Crippen molar-refractivity contribution in [3.8, 4) is 0 Å². The van der Waals surface area contributed by atoms with Crippen molar-refractivity contribution >= 4 is 5.95 Å². The number of nitrogens with one attached hydrogen (secondary N) is 1. The van der Waals surface area contributed by atoms with Crippen LogP contribution in [0.25, 0.3) is 0 Å². The van der Waals surface area contributed by atoms with Gasteiger partial charge in [-0.15, -0.1) is 0 Å². The Morgan fingerprint density at radius 2 is 1.88 bits per heavy atom. The van der Waals surface area contributed by atoms with Gasteiger partial charge in [0.05, 0.1) is 0 Å². The van der Waals surface area contributed by atoms with Crippen LogP contribution in [0.3, 0.4) is 0 Å². The third-order valence-corrected chi connectivity index (χ3v) is 3.11. The summed E-state index contributed by atoms with van der Waals surface area (Å²) in [6.45, 7) is 6.57. The second-order valence-electron chi connectivity index (χ2n) is 4.33. The number of nitrogens with zero attached hydrogens (tertiary/aromatic N) is 4. The summed E-state index contributed by atoms with van der Waals surface area (Å²) in [5.74, 6) is 0.863. The van der Waals surface area contributed by atoms with Gasteiger partial charge in [-0.1, -0.05) is 0 Å². The van der Waals surface area contributed by atoms with Gasteiger partial charge in [0, 0.05) is 38.6 Å². The number of hydrogen-bond acceptors (Lipinski definition) is 5. The molecule has 1 aliphatic heterocycles. The Labute approximate surface area is 103 Å². The van der Waals surface area contributed by atoms with Crippen LogP contribution in [0.5, 0.6) is 0 Å². The van der Waals surface area contributed by atoms with Crippen LogP contribution < -0.4 is 10.2 Å². The van der Waals surface area contributed by atoms with Crippen molar-refractivity contribution in [2.45, 2.75) is 6.42 Å². The molecule has 1 saturated heterocycles. The molecule has 0 atom stereocenters. The first kappa shape index (κ1) is 12.3. The summed E-state index contributed by atoms with van der Waals surface area (Å²) in [5, 5.41) is 3.18. The Hall–Kier alpha value is -1.20. The Bertz CT molecular complexity index is 308. The molecule has 0 bridgehead atoms. The van der Waals surface area contributed by atoms with E-state index < -0.39 is 0 Å². The van der Waals surface area contributed by atoms with Crippen LogP contribution in [-0.2, 0) is 0 Å². The van der Waals surface area contributed by atoms with E-state index in [1.54, 1.807) is 0 Å². The van der Waals surface area contributed by atoms with Crippen LogP contribution in [0.1, 0.15) is 6.42 Å². The van der Waals surface area contributed by atoms with Gasteiger partial charge in [0.25, 0.3) is 0 Å². The van der Waals surface area contributed by atoms with Gasteiger partial charge in [0.1, 0.15) is 0 Å². The van der Waals surface area contributed by atoms with Crippen molar-refractivity contribution in [2.75, 3.05) is 51.2 Å². The Kier molecular flexibility index (Phi) is 4.70. The van der Waals surface area contributed by atoms with E-state index in [9.17, 15) is 0 Å². The number of anilines is 1. The van der Waals surface area contributed by atoms with E-state index >= 15 is 0 Å². The normalized spacial score (nSPS) is 17.4. The molecule has 0 aliphatic carbocycles. The zero-order valence-electron chi connectivity index (χ0n) is 10.5. The second-order valence-corrected chi connectivity index (χ2v) is 4.33. The first-order valence-electron chi connectivity index (χ1n) is 6.29. The molecule has 5 heteroatoms. The van der Waals surface area contributed by atoms with Gasteiger partial charge in [-0.2, -0.15) is 0 Å². The van der Waals surface area contributed by atoms with Crippen molar-refractivity contribution in [3.05, 3.63) is 18.5 Å². The molecule has 0 unspecified atom stereocenters. The summed E-state index contributed by atoms with van der Waals surface area (Å²) in [5.41, 5.74) is 0. The van der Waals surface area contributed by atoms with Crippen LogP contribution in [-0.4, -0.2) is 61.2 Å². The van der Waals surface area contributed by atoms with Crippen molar-refractivity contribution in [2.24, 2.45) is 0 Å². The highest BCUT2D eigenvalue weighted by atomic mass is 15.3. The molecular weight excluding hydrogens is 214 g/mol. The van der Waals surface area contributed by atoms with Gasteiger partial charge < -0.3 is 10.2 Å². The predicted octanol–water partition coefficient (Wildman–Crippen LogP) is 0.208. The molecule has 0 aromatic carbocycles. The van der Waals surface area contributed by atoms with E-state index in [0.717, 1.165) is 38.7 Å². The van der Waals surface area contributed by atoms with Crippen molar-refractivity contribution in [1.29, 1.82) is 0 Å². The Morgan fingerprint density at radius 1 is 1.18 bits per heavy atom. The zero-order valence-corrected chi connectivity index (χ0v) is 10.5. The number of piperazine rings is 1. The largest absolute Gasteiger partial charge is 0.338 e. The molecule has 1 aliphatic rings. The van der Waals surface area contributed by atoms with Crippen LogP contribution in [0.15, 0.2) is 18.5 Å². The van der Waals surface area contributed by atoms with E-state index in [4.69, 9.17) is 0 Å². The summed E-state index contributed by atoms with van der Waals surface area (Å²) in [7, 11) is 2.00. The van der Waals surface area contributed by atoms with Crippen LogP contribution >= 0.6 is 0 Å². The Morgan fingerprint density at radius 3 is 2.53 bits per heavy atom. The third kappa shape index (κ3) is 3.64. The fourth-order valence-corrected chi connectivity index (χ4v) is 2.11. The second kappa shape index (κ2) is 6.51. The summed E-state index contributed by atoms with van der Waals surface area (Å²) in [4.78, 5) is 13.3. The van der Waals surface area contributed by atoms with Crippen molar-refractivity contribution in [1.82, 2.24) is 20.2 Å². The SMILES string of the molecule is CNCCCN1CCN(c2ncccn2)CC1. The highest BCUT2D eigenvalue weighted by Gasteiger charge is 2.17. The monoisotopic (exact) mass is 235 g/mol. The molecule has 94 valence electrons. The molecule has 0 amide bonds. The molecule has 1 N–H and O–H groups in total. The topological polar surface area (TPSA) is 44.3 Å². The maximum atomic E-state index is 4.29. The van der Waals surface area contributed by atoms with Gasteiger partial charge in [-0.25, -0.2) is 9.97 Å². The molecular formula is C12H21N5. The molecule has 0 saturated carbocycles. The molecule has 1 aromatic heterocycles. The fourth-order valence-electron chi connectivity index (χ4n) is 2.11. The summed E-state index contributed by atoms with van der Waals surface area (Å²) in [6.07, 6.45) is 4.83. The fraction of sp³-hybridized carbons (Fsp3) is 0.667. The third-order valence-electron chi connectivity index (χ3n) is 3.11. The maximum Gasteiger partial charge on any atom is 0.225 e. The lowest BCUT2D eigenvalue weighted by Crippen LogP contribution is -2.47. The smallest absolute Gasteiger partial charge is 0.225 e. The lowest BCUT2D eigenvalue weighted by atomic mass is 10.3. The van der Waals surface area contributed by atoms with Gasteiger partial charge in [0.2, 0.25) is 5.95 Å². The average Bonchev–Trinajstić information content (AvgIpc) is 2.41. The molecule has 0 spiro atoms. The van der Waals surface area contributed by atoms with E-state index in [0.29, 0.717) is 0 Å². The van der Waals surface area contributed by atoms with Gasteiger partial charge in [-0.05, 0) is 32.6 Å². The number of aromatic nitrogens is 2. The zero-order chi connectivity index (χ0) is 11.9. The molecule has 5 nitrogen and oxygen atoms in total. The van der Waals surface area contributed by atoms with E-state index in [-0.39, 0.29) is 0 Å². The number of hydrogen-bond donors (Lipinski definition) is 1. The summed E-state index contributed by atoms with van der Waals surface area (Å²) in [6, 6.07) is 1.86. The van der Waals surface area contributed by atoms with E-state index in [1.807, 2.05) is 25.5 Å². The highest BCUT2D eigenvalue weighted by molar-refractivity contribution is 5.29.